The number of thiazole rings is 1. The number of rotatable bonds is 6. The molecule has 17 heavy (non-hydrogen) atoms. The van der Waals surface area contributed by atoms with Crippen molar-refractivity contribution in [3.05, 3.63) is 16.6 Å². The molecule has 1 aromatic rings. The summed E-state index contributed by atoms with van der Waals surface area (Å²) in [5.41, 5.74) is 0. The minimum absolute atomic E-state index is 0.690. The van der Waals surface area contributed by atoms with E-state index < -0.39 is 0 Å². The summed E-state index contributed by atoms with van der Waals surface area (Å²) in [6, 6.07) is 0.690. The van der Waals surface area contributed by atoms with Crippen LogP contribution in [0.3, 0.4) is 0 Å². The summed E-state index contributed by atoms with van der Waals surface area (Å²) in [4.78, 5) is 6.93. The smallest absolute Gasteiger partial charge is 0.107 e. The molecule has 1 fully saturated rings. The Labute approximate surface area is 108 Å². The minimum atomic E-state index is 0.690. The predicted molar refractivity (Wildman–Crippen MR) is 73.3 cm³/mol. The highest BCUT2D eigenvalue weighted by Gasteiger charge is 2.16. The van der Waals surface area contributed by atoms with Gasteiger partial charge in [0, 0.05) is 24.2 Å². The molecular weight excluding hydrogens is 230 g/mol. The van der Waals surface area contributed by atoms with Gasteiger partial charge in [0.15, 0.2) is 0 Å². The Morgan fingerprint density at radius 2 is 2.47 bits per heavy atom. The molecule has 1 aliphatic rings. The van der Waals surface area contributed by atoms with Crippen LogP contribution in [0.2, 0.25) is 0 Å². The monoisotopic (exact) mass is 253 g/mol. The predicted octanol–water partition coefficient (Wildman–Crippen LogP) is 2.50. The van der Waals surface area contributed by atoms with Gasteiger partial charge in [0.2, 0.25) is 0 Å². The fraction of sp³-hybridized carbons (Fsp3) is 0.769. The van der Waals surface area contributed by atoms with Gasteiger partial charge in [-0.1, -0.05) is 13.3 Å². The summed E-state index contributed by atoms with van der Waals surface area (Å²) in [5.74, 6) is 0. The second-order valence-electron chi connectivity index (χ2n) is 4.81. The lowest BCUT2D eigenvalue weighted by atomic mass is 10.0. The molecule has 0 bridgehead atoms. The summed E-state index contributed by atoms with van der Waals surface area (Å²) in [6.07, 6.45) is 7.19. The number of nitrogens with zero attached hydrogens (tertiary/aromatic N) is 2. The highest BCUT2D eigenvalue weighted by atomic mass is 32.1. The molecule has 0 saturated carbocycles. The molecule has 1 N–H and O–H groups in total. The van der Waals surface area contributed by atoms with E-state index in [1.807, 2.05) is 6.20 Å². The van der Waals surface area contributed by atoms with Gasteiger partial charge in [0.05, 0.1) is 6.54 Å². The Morgan fingerprint density at radius 3 is 3.12 bits per heavy atom. The molecule has 2 heterocycles. The van der Waals surface area contributed by atoms with Crippen molar-refractivity contribution < 1.29 is 0 Å². The molecule has 2 rings (SSSR count). The Hall–Kier alpha value is -0.450. The van der Waals surface area contributed by atoms with Crippen molar-refractivity contribution in [3.63, 3.8) is 0 Å². The summed E-state index contributed by atoms with van der Waals surface area (Å²) >= 11 is 1.77. The zero-order valence-electron chi connectivity index (χ0n) is 10.7. The number of hydrogen-bond donors (Lipinski definition) is 1. The van der Waals surface area contributed by atoms with E-state index in [1.54, 1.807) is 11.3 Å². The lowest BCUT2D eigenvalue weighted by Gasteiger charge is -2.29. The van der Waals surface area contributed by atoms with Gasteiger partial charge in [-0.25, -0.2) is 4.98 Å². The van der Waals surface area contributed by atoms with Gasteiger partial charge in [-0.3, -0.25) is 4.90 Å². The summed E-state index contributed by atoms with van der Waals surface area (Å²) in [7, 11) is 0. The first-order chi connectivity index (χ1) is 8.38. The highest BCUT2D eigenvalue weighted by molar-refractivity contribution is 7.09. The van der Waals surface area contributed by atoms with Crippen LogP contribution in [0.1, 0.15) is 37.6 Å². The molecule has 4 heteroatoms. The molecule has 0 aliphatic carbocycles. The third-order valence-electron chi connectivity index (χ3n) is 3.27. The van der Waals surface area contributed by atoms with Crippen molar-refractivity contribution in [2.75, 3.05) is 19.6 Å². The number of piperidine rings is 1. The Balaban J connectivity index is 1.83. The second kappa shape index (κ2) is 7.09. The largest absolute Gasteiger partial charge is 0.313 e. The maximum atomic E-state index is 4.39. The second-order valence-corrected chi connectivity index (χ2v) is 5.79. The van der Waals surface area contributed by atoms with E-state index in [1.165, 1.54) is 50.3 Å². The van der Waals surface area contributed by atoms with Gasteiger partial charge in [-0.05, 0) is 32.4 Å². The molecule has 1 aromatic heterocycles. The van der Waals surface area contributed by atoms with E-state index in [4.69, 9.17) is 0 Å². The van der Waals surface area contributed by atoms with Crippen LogP contribution in [0, 0.1) is 0 Å². The third kappa shape index (κ3) is 4.37. The van der Waals surface area contributed by atoms with E-state index in [-0.39, 0.29) is 0 Å². The molecule has 96 valence electrons. The molecule has 0 radical (unpaired) electrons. The van der Waals surface area contributed by atoms with Crippen LogP contribution in [0.4, 0.5) is 0 Å². The molecule has 1 aliphatic heterocycles. The molecular formula is C13H23N3S. The average Bonchev–Trinajstić information content (AvgIpc) is 2.83. The number of hydrogen-bond acceptors (Lipinski definition) is 4. The lowest BCUT2D eigenvalue weighted by molar-refractivity contribution is 0.217. The van der Waals surface area contributed by atoms with Crippen molar-refractivity contribution in [2.45, 2.75) is 45.2 Å². The van der Waals surface area contributed by atoms with Crippen LogP contribution in [0.25, 0.3) is 0 Å². The van der Waals surface area contributed by atoms with Crippen molar-refractivity contribution in [3.8, 4) is 0 Å². The van der Waals surface area contributed by atoms with Crippen LogP contribution < -0.4 is 5.32 Å². The average molecular weight is 253 g/mol. The molecule has 0 aromatic carbocycles. The number of aromatic nitrogens is 1. The van der Waals surface area contributed by atoms with Crippen molar-refractivity contribution >= 4 is 11.3 Å². The molecule has 1 unspecified atom stereocenters. The van der Waals surface area contributed by atoms with E-state index >= 15 is 0 Å². The van der Waals surface area contributed by atoms with Crippen molar-refractivity contribution in [1.29, 1.82) is 0 Å². The first-order valence-electron chi connectivity index (χ1n) is 6.72. The van der Waals surface area contributed by atoms with E-state index in [0.717, 1.165) is 6.54 Å². The van der Waals surface area contributed by atoms with Crippen molar-refractivity contribution in [2.24, 2.45) is 0 Å². The summed E-state index contributed by atoms with van der Waals surface area (Å²) in [5, 5.41) is 6.94. The highest BCUT2D eigenvalue weighted by Crippen LogP contribution is 2.12. The van der Waals surface area contributed by atoms with Crippen LogP contribution in [-0.2, 0) is 6.54 Å². The maximum Gasteiger partial charge on any atom is 0.107 e. The normalized spacial score (nSPS) is 20.9. The number of nitrogens with one attached hydrogen (secondary N) is 1. The zero-order chi connectivity index (χ0) is 11.9. The molecule has 0 spiro atoms. The van der Waals surface area contributed by atoms with E-state index in [2.05, 4.69) is 27.5 Å². The third-order valence-corrected chi connectivity index (χ3v) is 4.04. The van der Waals surface area contributed by atoms with Gasteiger partial charge in [-0.15, -0.1) is 11.3 Å². The van der Waals surface area contributed by atoms with Crippen LogP contribution >= 0.6 is 11.3 Å². The van der Waals surface area contributed by atoms with Crippen LogP contribution in [0.5, 0.6) is 0 Å². The van der Waals surface area contributed by atoms with Gasteiger partial charge < -0.3 is 5.32 Å². The van der Waals surface area contributed by atoms with Crippen molar-refractivity contribution in [1.82, 2.24) is 15.2 Å². The molecule has 1 saturated heterocycles. The Kier molecular flexibility index (Phi) is 5.42. The first kappa shape index (κ1) is 13.0. The minimum Gasteiger partial charge on any atom is -0.313 e. The van der Waals surface area contributed by atoms with Crippen LogP contribution in [0.15, 0.2) is 11.6 Å². The molecule has 1 atom stereocenters. The summed E-state index contributed by atoms with van der Waals surface area (Å²) in [6.45, 7) is 6.82. The van der Waals surface area contributed by atoms with Gasteiger partial charge in [0.25, 0.3) is 0 Å². The van der Waals surface area contributed by atoms with Gasteiger partial charge in [0.1, 0.15) is 5.01 Å². The lowest BCUT2D eigenvalue weighted by Crippen LogP contribution is -2.43. The topological polar surface area (TPSA) is 28.2 Å². The zero-order valence-corrected chi connectivity index (χ0v) is 11.5. The van der Waals surface area contributed by atoms with E-state index in [9.17, 15) is 0 Å². The van der Waals surface area contributed by atoms with Crippen LogP contribution in [-0.4, -0.2) is 35.6 Å². The standard InChI is InChI=1S/C13H23N3S/c1-2-8-16(11-13-15-7-9-17-13)10-12-5-3-4-6-14-12/h7,9,12,14H,2-6,8,10-11H2,1H3. The quantitative estimate of drug-likeness (QED) is 0.844. The van der Waals surface area contributed by atoms with E-state index in [0.29, 0.717) is 6.04 Å². The Bertz CT molecular complexity index is 294. The van der Waals surface area contributed by atoms with Gasteiger partial charge >= 0.3 is 0 Å². The van der Waals surface area contributed by atoms with Gasteiger partial charge in [-0.2, -0.15) is 0 Å². The molecule has 0 amide bonds. The fourth-order valence-electron chi connectivity index (χ4n) is 2.46. The Morgan fingerprint density at radius 1 is 1.53 bits per heavy atom. The molecule has 3 nitrogen and oxygen atoms in total. The fourth-order valence-corrected chi connectivity index (χ4v) is 3.12. The summed E-state index contributed by atoms with van der Waals surface area (Å²) < 4.78 is 0. The SMILES string of the molecule is CCCN(Cc1nccs1)CC1CCCCN1. The first-order valence-corrected chi connectivity index (χ1v) is 7.60. The maximum absolute atomic E-state index is 4.39.